The first-order chi connectivity index (χ1) is 9.67. The van der Waals surface area contributed by atoms with Crippen LogP contribution in [0.3, 0.4) is 0 Å². The molecule has 0 bridgehead atoms. The van der Waals surface area contributed by atoms with E-state index in [0.717, 1.165) is 13.1 Å². The van der Waals surface area contributed by atoms with Gasteiger partial charge in [0.2, 0.25) is 0 Å². The summed E-state index contributed by atoms with van der Waals surface area (Å²) >= 11 is 0. The maximum atomic E-state index is 9.71. The van der Waals surface area contributed by atoms with Crippen molar-refractivity contribution in [1.29, 1.82) is 0 Å². The van der Waals surface area contributed by atoms with Gasteiger partial charge < -0.3 is 15.2 Å². The number of hydrogen-bond acceptors (Lipinski definition) is 4. The Morgan fingerprint density at radius 2 is 2.25 bits per heavy atom. The van der Waals surface area contributed by atoms with Crippen LogP contribution >= 0.6 is 0 Å². The second-order valence-corrected chi connectivity index (χ2v) is 5.55. The number of nitrogens with one attached hydrogen (secondary N) is 1. The molecule has 1 saturated heterocycles. The van der Waals surface area contributed by atoms with Gasteiger partial charge in [0.1, 0.15) is 0 Å². The highest BCUT2D eigenvalue weighted by atomic mass is 16.5. The van der Waals surface area contributed by atoms with E-state index in [1.54, 1.807) is 13.2 Å². The number of methoxy groups -OCH3 is 1. The van der Waals surface area contributed by atoms with Gasteiger partial charge in [-0.25, -0.2) is 0 Å². The van der Waals surface area contributed by atoms with Gasteiger partial charge in [0.05, 0.1) is 7.11 Å². The smallest absolute Gasteiger partial charge is 0.160 e. The number of aromatic hydroxyl groups is 1. The van der Waals surface area contributed by atoms with E-state index in [-0.39, 0.29) is 5.75 Å². The van der Waals surface area contributed by atoms with E-state index in [1.165, 1.54) is 24.8 Å². The van der Waals surface area contributed by atoms with Crippen molar-refractivity contribution in [1.82, 2.24) is 10.2 Å². The third-order valence-corrected chi connectivity index (χ3v) is 4.30. The van der Waals surface area contributed by atoms with Crippen LogP contribution in [0.2, 0.25) is 0 Å². The lowest BCUT2D eigenvalue weighted by atomic mass is 9.97. The number of hydrogen-bond donors (Lipinski definition) is 2. The summed E-state index contributed by atoms with van der Waals surface area (Å²) < 4.78 is 5.22. The van der Waals surface area contributed by atoms with Crippen molar-refractivity contribution >= 4 is 0 Å². The quantitative estimate of drug-likeness (QED) is 0.869. The number of likely N-dealkylation sites (tertiary alicyclic amines) is 1. The van der Waals surface area contributed by atoms with Gasteiger partial charge in [0.15, 0.2) is 11.5 Å². The van der Waals surface area contributed by atoms with Gasteiger partial charge >= 0.3 is 0 Å². The average molecular weight is 278 g/mol. The van der Waals surface area contributed by atoms with Crippen molar-refractivity contribution in [2.45, 2.75) is 38.3 Å². The van der Waals surface area contributed by atoms with E-state index < -0.39 is 0 Å². The molecule has 112 valence electrons. The second kappa shape index (κ2) is 6.95. The van der Waals surface area contributed by atoms with Crippen molar-refractivity contribution in [3.05, 3.63) is 23.8 Å². The summed E-state index contributed by atoms with van der Waals surface area (Å²) in [6.07, 6.45) is 3.83. The van der Waals surface area contributed by atoms with Gasteiger partial charge in [-0.2, -0.15) is 0 Å². The fraction of sp³-hybridized carbons (Fsp3) is 0.625. The summed E-state index contributed by atoms with van der Waals surface area (Å²) in [7, 11) is 3.61. The minimum atomic E-state index is 0.203. The zero-order valence-corrected chi connectivity index (χ0v) is 12.7. The summed E-state index contributed by atoms with van der Waals surface area (Å²) in [6.45, 7) is 4.40. The molecule has 2 N–H and O–H groups in total. The molecule has 0 radical (unpaired) electrons. The first-order valence-corrected chi connectivity index (χ1v) is 7.44. The van der Waals surface area contributed by atoms with Crippen LogP contribution in [0.5, 0.6) is 11.5 Å². The van der Waals surface area contributed by atoms with E-state index in [2.05, 4.69) is 17.1 Å². The van der Waals surface area contributed by atoms with Crippen LogP contribution in [0.4, 0.5) is 0 Å². The molecular formula is C16H26N2O2. The van der Waals surface area contributed by atoms with Gasteiger partial charge in [-0.15, -0.1) is 0 Å². The lowest BCUT2D eigenvalue weighted by Crippen LogP contribution is -2.45. The molecular weight excluding hydrogens is 252 g/mol. The number of likely N-dealkylation sites (N-methyl/N-ethyl adjacent to an activating group) is 1. The molecule has 0 amide bonds. The Morgan fingerprint density at radius 1 is 1.45 bits per heavy atom. The fourth-order valence-electron chi connectivity index (χ4n) is 3.13. The zero-order chi connectivity index (χ0) is 14.5. The van der Waals surface area contributed by atoms with Crippen LogP contribution in [0.1, 0.15) is 37.8 Å². The molecule has 1 heterocycles. The summed E-state index contributed by atoms with van der Waals surface area (Å²) in [6, 6.07) is 6.59. The molecule has 1 aromatic carbocycles. The highest BCUT2D eigenvalue weighted by Crippen LogP contribution is 2.33. The Balaban J connectivity index is 2.17. The minimum Gasteiger partial charge on any atom is -0.504 e. The molecule has 20 heavy (non-hydrogen) atoms. The monoisotopic (exact) mass is 278 g/mol. The lowest BCUT2D eigenvalue weighted by molar-refractivity contribution is 0.103. The molecule has 2 unspecified atom stereocenters. The largest absolute Gasteiger partial charge is 0.504 e. The van der Waals surface area contributed by atoms with E-state index in [9.17, 15) is 5.11 Å². The highest BCUT2D eigenvalue weighted by molar-refractivity contribution is 5.42. The number of phenolic OH excluding ortho intramolecular Hbond substituents is 1. The molecule has 1 aliphatic rings. The van der Waals surface area contributed by atoms with E-state index in [1.807, 2.05) is 19.2 Å². The summed E-state index contributed by atoms with van der Waals surface area (Å²) in [5, 5.41) is 13.0. The number of phenols is 1. The molecule has 1 aromatic rings. The standard InChI is InChI=1S/C16H26N2O2/c1-12(13-7-8-15(19)16(10-13)20-3)18-9-5-4-6-14(18)11-17-2/h7-8,10,12,14,17,19H,4-6,9,11H2,1-3H3. The molecule has 1 fully saturated rings. The molecule has 0 spiro atoms. The Kier molecular flexibility index (Phi) is 5.26. The van der Waals surface area contributed by atoms with Gasteiger partial charge in [0, 0.05) is 18.6 Å². The SMILES string of the molecule is CNCC1CCCCN1C(C)c1ccc(O)c(OC)c1. The third-order valence-electron chi connectivity index (χ3n) is 4.30. The predicted octanol–water partition coefficient (Wildman–Crippen LogP) is 2.54. The number of ether oxygens (including phenoxy) is 1. The van der Waals surface area contributed by atoms with Gasteiger partial charge in [-0.05, 0) is 51.1 Å². The average Bonchev–Trinajstić information content (AvgIpc) is 2.48. The van der Waals surface area contributed by atoms with E-state index in [4.69, 9.17) is 4.74 Å². The Hall–Kier alpha value is -1.26. The van der Waals surface area contributed by atoms with E-state index >= 15 is 0 Å². The topological polar surface area (TPSA) is 44.7 Å². The minimum absolute atomic E-state index is 0.203. The molecule has 2 rings (SSSR count). The zero-order valence-electron chi connectivity index (χ0n) is 12.7. The lowest BCUT2D eigenvalue weighted by Gasteiger charge is -2.40. The Labute approximate surface area is 121 Å². The first kappa shape index (κ1) is 15.1. The van der Waals surface area contributed by atoms with Crippen molar-refractivity contribution in [2.75, 3.05) is 27.2 Å². The highest BCUT2D eigenvalue weighted by Gasteiger charge is 2.27. The van der Waals surface area contributed by atoms with Crippen LogP contribution in [0.15, 0.2) is 18.2 Å². The third kappa shape index (κ3) is 3.25. The normalized spacial score (nSPS) is 21.6. The van der Waals surface area contributed by atoms with Crippen LogP contribution in [0, 0.1) is 0 Å². The molecule has 0 aromatic heterocycles. The second-order valence-electron chi connectivity index (χ2n) is 5.55. The first-order valence-electron chi connectivity index (χ1n) is 7.44. The van der Waals surface area contributed by atoms with Crippen LogP contribution in [0.25, 0.3) is 0 Å². The molecule has 0 saturated carbocycles. The summed E-state index contributed by atoms with van der Waals surface area (Å²) in [5.74, 6) is 0.755. The predicted molar refractivity (Wildman–Crippen MR) is 81.3 cm³/mol. The maximum absolute atomic E-state index is 9.71. The number of rotatable bonds is 5. The van der Waals surface area contributed by atoms with Crippen LogP contribution < -0.4 is 10.1 Å². The fourth-order valence-corrected chi connectivity index (χ4v) is 3.13. The van der Waals surface area contributed by atoms with Crippen LogP contribution in [-0.2, 0) is 0 Å². The van der Waals surface area contributed by atoms with Gasteiger partial charge in [-0.3, -0.25) is 4.90 Å². The molecule has 0 aliphatic carbocycles. The van der Waals surface area contributed by atoms with Crippen molar-refractivity contribution in [3.63, 3.8) is 0 Å². The van der Waals surface area contributed by atoms with Gasteiger partial charge in [0.25, 0.3) is 0 Å². The van der Waals surface area contributed by atoms with Crippen molar-refractivity contribution in [2.24, 2.45) is 0 Å². The maximum Gasteiger partial charge on any atom is 0.160 e. The summed E-state index contributed by atoms with van der Waals surface area (Å²) in [4.78, 5) is 2.56. The molecule has 4 nitrogen and oxygen atoms in total. The molecule has 2 atom stereocenters. The number of benzene rings is 1. The molecule has 1 aliphatic heterocycles. The number of nitrogens with zero attached hydrogens (tertiary/aromatic N) is 1. The van der Waals surface area contributed by atoms with Crippen molar-refractivity contribution in [3.8, 4) is 11.5 Å². The van der Waals surface area contributed by atoms with Gasteiger partial charge in [-0.1, -0.05) is 12.5 Å². The summed E-state index contributed by atoms with van der Waals surface area (Å²) in [5.41, 5.74) is 1.20. The molecule has 4 heteroatoms. The Bertz CT molecular complexity index is 434. The van der Waals surface area contributed by atoms with Crippen molar-refractivity contribution < 1.29 is 9.84 Å². The van der Waals surface area contributed by atoms with Crippen LogP contribution in [-0.4, -0.2) is 43.3 Å². The Morgan fingerprint density at radius 3 is 2.95 bits per heavy atom. The number of piperidine rings is 1. The van der Waals surface area contributed by atoms with E-state index in [0.29, 0.717) is 17.8 Å².